The lowest BCUT2D eigenvalue weighted by Gasteiger charge is -2.38. The maximum absolute atomic E-state index is 4.14. The van der Waals surface area contributed by atoms with Crippen LogP contribution in [0.3, 0.4) is 0 Å². The molecular formula is C11H22N6. The number of nitrogens with one attached hydrogen (secondary N) is 1. The van der Waals surface area contributed by atoms with E-state index in [9.17, 15) is 0 Å². The van der Waals surface area contributed by atoms with Crippen LogP contribution in [0, 0.1) is 0 Å². The van der Waals surface area contributed by atoms with Crippen LogP contribution in [0.4, 0.5) is 0 Å². The van der Waals surface area contributed by atoms with Crippen molar-refractivity contribution < 1.29 is 0 Å². The Bertz CT molecular complexity index is 339. The Labute approximate surface area is 102 Å². The number of hydrogen-bond acceptors (Lipinski definition) is 5. The van der Waals surface area contributed by atoms with Gasteiger partial charge in [-0.25, -0.2) is 4.68 Å². The maximum Gasteiger partial charge on any atom is 0.165 e. The first-order chi connectivity index (χ1) is 8.22. The van der Waals surface area contributed by atoms with Crippen LogP contribution in [0.2, 0.25) is 0 Å². The fraction of sp³-hybridized carbons (Fsp3) is 0.909. The van der Waals surface area contributed by atoms with Crippen molar-refractivity contribution >= 4 is 0 Å². The van der Waals surface area contributed by atoms with Crippen molar-refractivity contribution in [3.8, 4) is 0 Å². The minimum Gasteiger partial charge on any atom is -0.314 e. The Morgan fingerprint density at radius 2 is 2.00 bits per heavy atom. The van der Waals surface area contributed by atoms with Gasteiger partial charge < -0.3 is 5.32 Å². The van der Waals surface area contributed by atoms with E-state index >= 15 is 0 Å². The van der Waals surface area contributed by atoms with Crippen LogP contribution in [0.25, 0.3) is 0 Å². The highest BCUT2D eigenvalue weighted by Crippen LogP contribution is 2.13. The first-order valence-electron chi connectivity index (χ1n) is 6.44. The number of aromatic nitrogens is 4. The van der Waals surface area contributed by atoms with Crippen LogP contribution in [0.5, 0.6) is 0 Å². The zero-order valence-electron chi connectivity index (χ0n) is 10.9. The van der Waals surface area contributed by atoms with Crippen molar-refractivity contribution in [2.75, 3.05) is 13.1 Å². The molecule has 96 valence electrons. The van der Waals surface area contributed by atoms with Crippen molar-refractivity contribution in [2.45, 2.75) is 52.4 Å². The predicted octanol–water partition coefficient (Wildman–Crippen LogP) is 0.265. The van der Waals surface area contributed by atoms with E-state index in [1.165, 1.54) is 0 Å². The highest BCUT2D eigenvalue weighted by Gasteiger charge is 2.25. The molecule has 1 aliphatic heterocycles. The fourth-order valence-corrected chi connectivity index (χ4v) is 2.37. The minimum absolute atomic E-state index is 0.533. The Hall–Kier alpha value is -1.01. The van der Waals surface area contributed by atoms with Gasteiger partial charge in [0.05, 0.1) is 6.54 Å². The molecule has 0 amide bonds. The summed E-state index contributed by atoms with van der Waals surface area (Å²) >= 11 is 0. The molecule has 0 bridgehead atoms. The first-order valence-corrected chi connectivity index (χ1v) is 6.44. The molecular weight excluding hydrogens is 216 g/mol. The van der Waals surface area contributed by atoms with Gasteiger partial charge >= 0.3 is 0 Å². The van der Waals surface area contributed by atoms with Crippen molar-refractivity contribution in [1.29, 1.82) is 0 Å². The van der Waals surface area contributed by atoms with Gasteiger partial charge in [0.1, 0.15) is 0 Å². The molecule has 1 N–H and O–H groups in total. The molecule has 2 rings (SSSR count). The molecule has 0 aromatic carbocycles. The molecule has 6 nitrogen and oxygen atoms in total. The molecule has 0 saturated carbocycles. The van der Waals surface area contributed by atoms with Gasteiger partial charge in [-0.05, 0) is 30.7 Å². The van der Waals surface area contributed by atoms with Crippen molar-refractivity contribution in [2.24, 2.45) is 0 Å². The quantitative estimate of drug-likeness (QED) is 0.815. The minimum atomic E-state index is 0.533. The molecule has 1 saturated heterocycles. The summed E-state index contributed by atoms with van der Waals surface area (Å²) < 4.78 is 1.92. The number of piperazine rings is 1. The second-order valence-electron chi connectivity index (χ2n) is 4.85. The standard InChI is InChI=1S/C11H22N6/c1-4-5-17-11(13-14-15-17)8-16-9(2)6-12-7-10(16)3/h9-10,12H,4-8H2,1-3H3. The SMILES string of the molecule is CCCn1nnnc1CN1C(C)CNCC1C. The van der Waals surface area contributed by atoms with Gasteiger partial charge in [-0.3, -0.25) is 4.90 Å². The van der Waals surface area contributed by atoms with Gasteiger partial charge in [0.15, 0.2) is 5.82 Å². The van der Waals surface area contributed by atoms with E-state index in [2.05, 4.69) is 46.5 Å². The Morgan fingerprint density at radius 1 is 1.29 bits per heavy atom. The normalized spacial score (nSPS) is 26.3. The highest BCUT2D eigenvalue weighted by molar-refractivity contribution is 4.88. The summed E-state index contributed by atoms with van der Waals surface area (Å²) in [5.41, 5.74) is 0. The second kappa shape index (κ2) is 5.55. The largest absolute Gasteiger partial charge is 0.314 e. The average Bonchev–Trinajstić information content (AvgIpc) is 2.72. The summed E-state index contributed by atoms with van der Waals surface area (Å²) in [4.78, 5) is 2.47. The van der Waals surface area contributed by atoms with E-state index in [1.54, 1.807) is 0 Å². The third-order valence-electron chi connectivity index (χ3n) is 3.38. The summed E-state index contributed by atoms with van der Waals surface area (Å²) in [6.45, 7) is 10.5. The maximum atomic E-state index is 4.14. The predicted molar refractivity (Wildman–Crippen MR) is 65.4 cm³/mol. The van der Waals surface area contributed by atoms with Gasteiger partial charge in [0.25, 0.3) is 0 Å². The van der Waals surface area contributed by atoms with E-state index in [-0.39, 0.29) is 0 Å². The molecule has 0 radical (unpaired) electrons. The van der Waals surface area contributed by atoms with Crippen LogP contribution in [-0.4, -0.2) is 50.3 Å². The number of hydrogen-bond donors (Lipinski definition) is 1. The summed E-state index contributed by atoms with van der Waals surface area (Å²) in [7, 11) is 0. The zero-order valence-corrected chi connectivity index (χ0v) is 10.9. The molecule has 0 spiro atoms. The lowest BCUT2D eigenvalue weighted by molar-refractivity contribution is 0.103. The number of nitrogens with zero attached hydrogens (tertiary/aromatic N) is 5. The molecule has 17 heavy (non-hydrogen) atoms. The molecule has 2 atom stereocenters. The van der Waals surface area contributed by atoms with Gasteiger partial charge in [-0.1, -0.05) is 6.92 Å². The second-order valence-corrected chi connectivity index (χ2v) is 4.85. The van der Waals surface area contributed by atoms with Crippen LogP contribution in [0.1, 0.15) is 33.0 Å². The Morgan fingerprint density at radius 3 is 2.65 bits per heavy atom. The third kappa shape index (κ3) is 2.81. The van der Waals surface area contributed by atoms with Crippen molar-refractivity contribution in [3.63, 3.8) is 0 Å². The van der Waals surface area contributed by atoms with Crippen molar-refractivity contribution in [1.82, 2.24) is 30.4 Å². The highest BCUT2D eigenvalue weighted by atomic mass is 15.5. The smallest absolute Gasteiger partial charge is 0.165 e. The number of rotatable bonds is 4. The van der Waals surface area contributed by atoms with Gasteiger partial charge in [-0.2, -0.15) is 0 Å². The van der Waals surface area contributed by atoms with E-state index in [0.717, 1.165) is 38.4 Å². The molecule has 2 heterocycles. The van der Waals surface area contributed by atoms with Crippen LogP contribution < -0.4 is 5.32 Å². The molecule has 6 heteroatoms. The summed E-state index contributed by atoms with van der Waals surface area (Å²) in [6, 6.07) is 1.07. The molecule has 0 aliphatic carbocycles. The van der Waals surface area contributed by atoms with Crippen molar-refractivity contribution in [3.05, 3.63) is 5.82 Å². The van der Waals surface area contributed by atoms with E-state index < -0.39 is 0 Å². The summed E-state index contributed by atoms with van der Waals surface area (Å²) in [6.07, 6.45) is 1.06. The van der Waals surface area contributed by atoms with Gasteiger partial charge in [0.2, 0.25) is 0 Å². The number of tetrazole rings is 1. The molecule has 2 unspecified atom stereocenters. The van der Waals surface area contributed by atoms with Gasteiger partial charge in [-0.15, -0.1) is 5.10 Å². The molecule has 1 fully saturated rings. The molecule has 1 aromatic heterocycles. The Kier molecular flexibility index (Phi) is 4.06. The molecule has 1 aliphatic rings. The first kappa shape index (κ1) is 12.4. The van der Waals surface area contributed by atoms with E-state index in [1.807, 2.05) is 4.68 Å². The van der Waals surface area contributed by atoms with Gasteiger partial charge in [0, 0.05) is 31.7 Å². The van der Waals surface area contributed by atoms with E-state index in [4.69, 9.17) is 0 Å². The lowest BCUT2D eigenvalue weighted by atomic mass is 10.1. The topological polar surface area (TPSA) is 58.9 Å². The summed E-state index contributed by atoms with van der Waals surface area (Å²) in [5, 5.41) is 15.4. The Balaban J connectivity index is 2.05. The van der Waals surface area contributed by atoms with Crippen LogP contribution in [-0.2, 0) is 13.1 Å². The zero-order chi connectivity index (χ0) is 12.3. The fourth-order valence-electron chi connectivity index (χ4n) is 2.37. The van der Waals surface area contributed by atoms with Crippen LogP contribution >= 0.6 is 0 Å². The lowest BCUT2D eigenvalue weighted by Crippen LogP contribution is -2.54. The van der Waals surface area contributed by atoms with Crippen LogP contribution in [0.15, 0.2) is 0 Å². The number of aryl methyl sites for hydroxylation is 1. The van der Waals surface area contributed by atoms with E-state index in [0.29, 0.717) is 12.1 Å². The molecule has 1 aromatic rings. The third-order valence-corrected chi connectivity index (χ3v) is 3.38. The average molecular weight is 238 g/mol. The monoisotopic (exact) mass is 238 g/mol. The summed E-state index contributed by atoms with van der Waals surface area (Å²) in [5.74, 6) is 0.979.